The fourth-order valence-electron chi connectivity index (χ4n) is 9.98. The van der Waals surface area contributed by atoms with E-state index in [1.807, 2.05) is 13.8 Å². The minimum absolute atomic E-state index is 0.147. The lowest BCUT2D eigenvalue weighted by Gasteiger charge is -2.37. The highest BCUT2D eigenvalue weighted by molar-refractivity contribution is 6.11. The summed E-state index contributed by atoms with van der Waals surface area (Å²) in [7, 11) is 0. The Bertz CT molecular complexity index is 2750. The highest BCUT2D eigenvalue weighted by Crippen LogP contribution is 2.59. The van der Waals surface area contributed by atoms with E-state index in [-0.39, 0.29) is 5.41 Å². The third-order valence-corrected chi connectivity index (χ3v) is 12.4. The van der Waals surface area contributed by atoms with Gasteiger partial charge in [-0.05, 0) is 132 Å². The molecule has 6 aromatic carbocycles. The maximum absolute atomic E-state index is 2.57. The van der Waals surface area contributed by atoms with Crippen molar-refractivity contribution in [2.24, 2.45) is 0 Å². The van der Waals surface area contributed by atoms with E-state index in [2.05, 4.69) is 170 Å². The number of hydrogen-bond acceptors (Lipinski definition) is 0. The van der Waals surface area contributed by atoms with Crippen LogP contribution in [0.1, 0.15) is 89.8 Å². The molecule has 2 heteroatoms. The molecule has 0 spiro atoms. The molecule has 0 amide bonds. The molecule has 2 aromatic heterocycles. The topological polar surface area (TPSA) is 9.86 Å². The van der Waals surface area contributed by atoms with Gasteiger partial charge in [0.1, 0.15) is 0 Å². The average Bonchev–Trinajstić information content (AvgIpc) is 3.81. The van der Waals surface area contributed by atoms with Crippen molar-refractivity contribution >= 4 is 49.2 Å². The van der Waals surface area contributed by atoms with E-state index < -0.39 is 0 Å². The fraction of sp³-hybridized carbons (Fsp3) is 0.245. The Morgan fingerprint density at radius 1 is 0.509 bits per heavy atom. The molecule has 0 bridgehead atoms. The van der Waals surface area contributed by atoms with Crippen molar-refractivity contribution in [1.82, 2.24) is 9.13 Å². The third kappa shape index (κ3) is 5.36. The molecule has 2 aliphatic rings. The van der Waals surface area contributed by atoms with Crippen molar-refractivity contribution in [2.45, 2.75) is 85.5 Å². The Morgan fingerprint density at radius 2 is 1.02 bits per heavy atom. The molecule has 8 aromatic rings. The maximum Gasteiger partial charge on any atom is 0.0541 e. The van der Waals surface area contributed by atoms with Gasteiger partial charge in [0.15, 0.2) is 0 Å². The van der Waals surface area contributed by atoms with Gasteiger partial charge in [0.25, 0.3) is 0 Å². The number of unbranched alkanes of at least 4 members (excludes halogenated alkanes) is 2. The largest absolute Gasteiger partial charge is 0.309 e. The number of fused-ring (bicyclic) bond motifs is 8. The monoisotopic (exact) mass is 716 g/mol. The van der Waals surface area contributed by atoms with Crippen LogP contribution in [0.4, 0.5) is 0 Å². The lowest BCUT2D eigenvalue weighted by molar-refractivity contribution is 0.407. The normalized spacial score (nSPS) is 14.3. The van der Waals surface area contributed by atoms with Gasteiger partial charge in [-0.25, -0.2) is 0 Å². The number of nitrogens with zero attached hydrogens (tertiary/aromatic N) is 2. The number of hydrogen-bond donors (Lipinski definition) is 0. The van der Waals surface area contributed by atoms with Crippen molar-refractivity contribution in [1.29, 1.82) is 0 Å². The first-order valence-electron chi connectivity index (χ1n) is 20.7. The van der Waals surface area contributed by atoms with Gasteiger partial charge in [0.05, 0.1) is 22.1 Å². The minimum Gasteiger partial charge on any atom is -0.309 e. The van der Waals surface area contributed by atoms with Gasteiger partial charge in [-0.1, -0.05) is 126 Å². The zero-order chi connectivity index (χ0) is 37.8. The summed E-state index contributed by atoms with van der Waals surface area (Å²) in [4.78, 5) is 0. The van der Waals surface area contributed by atoms with Crippen LogP contribution in [0.5, 0.6) is 0 Å². The molecule has 274 valence electrons. The molecule has 0 fully saturated rings. The summed E-state index contributed by atoms with van der Waals surface area (Å²) >= 11 is 0. The summed E-state index contributed by atoms with van der Waals surface area (Å²) in [5.74, 6) is 0. The van der Waals surface area contributed by atoms with Crippen molar-refractivity contribution in [2.75, 3.05) is 0 Å². The van der Waals surface area contributed by atoms with Gasteiger partial charge in [-0.2, -0.15) is 0 Å². The molecule has 2 nitrogen and oxygen atoms in total. The zero-order valence-corrected chi connectivity index (χ0v) is 33.3. The summed E-state index contributed by atoms with van der Waals surface area (Å²) in [5.41, 5.74) is 19.0. The van der Waals surface area contributed by atoms with Crippen LogP contribution in [-0.2, 0) is 5.41 Å². The lowest BCUT2D eigenvalue weighted by Crippen LogP contribution is -2.28. The number of rotatable bonds is 9. The minimum atomic E-state index is 0.147. The van der Waals surface area contributed by atoms with Crippen molar-refractivity contribution in [3.05, 3.63) is 161 Å². The molecule has 2 heterocycles. The second-order valence-corrected chi connectivity index (χ2v) is 15.6. The van der Waals surface area contributed by atoms with Crippen LogP contribution in [0.2, 0.25) is 0 Å². The van der Waals surface area contributed by atoms with Crippen LogP contribution in [0, 0.1) is 6.92 Å². The van der Waals surface area contributed by atoms with E-state index in [1.54, 1.807) is 11.1 Å². The van der Waals surface area contributed by atoms with E-state index >= 15 is 0 Å². The smallest absolute Gasteiger partial charge is 0.0541 e. The highest BCUT2D eigenvalue weighted by atomic mass is 15.0. The van der Waals surface area contributed by atoms with Crippen LogP contribution in [0.3, 0.4) is 0 Å². The first-order valence-corrected chi connectivity index (χ1v) is 20.7. The first-order chi connectivity index (χ1) is 27.0. The summed E-state index contributed by atoms with van der Waals surface area (Å²) in [6.45, 7) is 13.2. The third-order valence-electron chi connectivity index (χ3n) is 12.4. The Hall–Kier alpha value is -5.60. The summed E-state index contributed by atoms with van der Waals surface area (Å²) in [6.07, 6.45) is 9.92. The molecule has 2 aliphatic carbocycles. The van der Waals surface area contributed by atoms with Crippen LogP contribution in [0.15, 0.2) is 145 Å². The standard InChI is InChI=1S/C51H46N2.C2H6/c1-5-7-27-51(28-8-6-2)45-32-36(18-24-39(45)44-30-34(4)50(44)51)35-19-26-49-43(31-35)42-29-33(3)17-25-48(42)53(49)38-22-20-37(21-23-38)52-46-15-11-9-13-40(46)41-14-10-12-16-47(41)52;1-2/h9-26,29-32H,5-8,27-28H2,1-4H3;1-2H3. The molecule has 55 heavy (non-hydrogen) atoms. The number of allylic oxidation sites excluding steroid dienone is 4. The van der Waals surface area contributed by atoms with E-state index in [0.717, 1.165) is 0 Å². The van der Waals surface area contributed by atoms with Crippen molar-refractivity contribution in [3.63, 3.8) is 0 Å². The Balaban J connectivity index is 0.00000195. The molecule has 0 radical (unpaired) electrons. The van der Waals surface area contributed by atoms with E-state index in [1.165, 1.54) is 127 Å². The Morgan fingerprint density at radius 3 is 1.60 bits per heavy atom. The molecule has 0 saturated carbocycles. The molecular weight excluding hydrogens is 665 g/mol. The van der Waals surface area contributed by atoms with Gasteiger partial charge < -0.3 is 9.13 Å². The number of benzene rings is 6. The van der Waals surface area contributed by atoms with Crippen LogP contribution in [0.25, 0.3) is 71.7 Å². The maximum atomic E-state index is 2.57. The van der Waals surface area contributed by atoms with Crippen molar-refractivity contribution < 1.29 is 0 Å². The Labute approximate surface area is 326 Å². The second-order valence-electron chi connectivity index (χ2n) is 15.6. The fourth-order valence-corrected chi connectivity index (χ4v) is 9.98. The van der Waals surface area contributed by atoms with Crippen LogP contribution in [-0.4, -0.2) is 9.13 Å². The quantitative estimate of drug-likeness (QED) is 0.141. The Kier molecular flexibility index (Phi) is 8.89. The lowest BCUT2D eigenvalue weighted by atomic mass is 9.66. The number of para-hydroxylation sites is 2. The van der Waals surface area contributed by atoms with Crippen LogP contribution < -0.4 is 0 Å². The van der Waals surface area contributed by atoms with E-state index in [4.69, 9.17) is 0 Å². The van der Waals surface area contributed by atoms with Gasteiger partial charge in [0.2, 0.25) is 0 Å². The van der Waals surface area contributed by atoms with Gasteiger partial charge in [-0.3, -0.25) is 0 Å². The first kappa shape index (κ1) is 35.1. The summed E-state index contributed by atoms with van der Waals surface area (Å²) in [5, 5.41) is 5.18. The molecule has 0 saturated heterocycles. The van der Waals surface area contributed by atoms with Crippen LogP contribution >= 0.6 is 0 Å². The van der Waals surface area contributed by atoms with Gasteiger partial charge in [-0.15, -0.1) is 0 Å². The molecule has 0 N–H and O–H groups in total. The highest BCUT2D eigenvalue weighted by Gasteiger charge is 2.47. The van der Waals surface area contributed by atoms with Gasteiger partial charge in [0, 0.05) is 38.3 Å². The second kappa shape index (κ2) is 13.9. The molecule has 0 atom stereocenters. The summed E-state index contributed by atoms with van der Waals surface area (Å²) < 4.78 is 4.84. The predicted molar refractivity (Wildman–Crippen MR) is 238 cm³/mol. The van der Waals surface area contributed by atoms with Gasteiger partial charge >= 0.3 is 0 Å². The van der Waals surface area contributed by atoms with E-state index in [0.29, 0.717) is 0 Å². The molecule has 10 rings (SSSR count). The molecular formula is C53H52N2. The summed E-state index contributed by atoms with van der Waals surface area (Å²) in [6, 6.07) is 48.1. The van der Waals surface area contributed by atoms with E-state index in [9.17, 15) is 0 Å². The number of aryl methyl sites for hydroxylation is 1. The molecule has 0 unspecified atom stereocenters. The zero-order valence-electron chi connectivity index (χ0n) is 33.3. The molecule has 0 aliphatic heterocycles. The van der Waals surface area contributed by atoms with Crippen molar-refractivity contribution in [3.8, 4) is 22.5 Å². The average molecular weight is 717 g/mol. The number of aromatic nitrogens is 2. The predicted octanol–water partition coefficient (Wildman–Crippen LogP) is 15.2. The SMILES string of the molecule is CC.CCCCC1(CCCC)C2=C(C=C2C)c2ccc(-c3ccc4c(c3)c3cc(C)ccc3n4-c3ccc(-n4c5ccccc5c5ccccc54)cc3)cc21.